The lowest BCUT2D eigenvalue weighted by Crippen LogP contribution is -2.31. The second kappa shape index (κ2) is 6.51. The number of nitrogens with one attached hydrogen (secondary N) is 1. The molecule has 0 spiro atoms. The Morgan fingerprint density at radius 3 is 2.76 bits per heavy atom. The largest absolute Gasteiger partial charge is 0.352 e. The summed E-state index contributed by atoms with van der Waals surface area (Å²) >= 11 is 0. The van der Waals surface area contributed by atoms with Gasteiger partial charge >= 0.3 is 0 Å². The predicted octanol–water partition coefficient (Wildman–Crippen LogP) is 1.06. The third kappa shape index (κ3) is 3.48. The molecule has 0 fully saturated rings. The van der Waals surface area contributed by atoms with E-state index in [1.165, 1.54) is 6.33 Å². The molecule has 0 saturated carbocycles. The van der Waals surface area contributed by atoms with E-state index in [1.807, 2.05) is 25.5 Å². The molecule has 2 aromatic heterocycles. The summed E-state index contributed by atoms with van der Waals surface area (Å²) in [5.74, 6) is -0.151. The molecule has 0 aliphatic heterocycles. The van der Waals surface area contributed by atoms with Crippen LogP contribution in [0, 0.1) is 19.8 Å². The van der Waals surface area contributed by atoms with Gasteiger partial charge in [0.1, 0.15) is 12.7 Å². The zero-order chi connectivity index (χ0) is 15.4. The molecule has 0 aliphatic carbocycles. The van der Waals surface area contributed by atoms with Crippen molar-refractivity contribution in [2.75, 3.05) is 0 Å². The quantitative estimate of drug-likeness (QED) is 0.863. The highest BCUT2D eigenvalue weighted by Gasteiger charge is 2.16. The molecule has 2 heterocycles. The smallest absolute Gasteiger partial charge is 0.224 e. The summed E-state index contributed by atoms with van der Waals surface area (Å²) in [5.41, 5.74) is 3.18. The molecule has 114 valence electrons. The Kier molecular flexibility index (Phi) is 4.72. The second-order valence-corrected chi connectivity index (χ2v) is 5.20. The Labute approximate surface area is 124 Å². The normalized spacial score (nSPS) is 12.4. The summed E-state index contributed by atoms with van der Waals surface area (Å²) in [7, 11) is 0. The van der Waals surface area contributed by atoms with Gasteiger partial charge in [-0.1, -0.05) is 6.92 Å². The van der Waals surface area contributed by atoms with Gasteiger partial charge in [0.15, 0.2) is 0 Å². The molecule has 2 rings (SSSR count). The highest BCUT2D eigenvalue weighted by Crippen LogP contribution is 2.13. The summed E-state index contributed by atoms with van der Waals surface area (Å²) < 4.78 is 3.62. The second-order valence-electron chi connectivity index (χ2n) is 5.20. The van der Waals surface area contributed by atoms with E-state index in [9.17, 15) is 4.79 Å². The van der Waals surface area contributed by atoms with Gasteiger partial charge in [0.25, 0.3) is 0 Å². The molecule has 0 radical (unpaired) electrons. The Hall–Kier alpha value is -2.18. The lowest BCUT2D eigenvalue weighted by Gasteiger charge is -2.12. The highest BCUT2D eigenvalue weighted by atomic mass is 16.1. The van der Waals surface area contributed by atoms with Crippen LogP contribution in [0.25, 0.3) is 0 Å². The van der Waals surface area contributed by atoms with Crippen LogP contribution in [0.4, 0.5) is 0 Å². The Balaban J connectivity index is 1.93. The molecule has 1 atom stereocenters. The van der Waals surface area contributed by atoms with Crippen molar-refractivity contribution < 1.29 is 4.79 Å². The van der Waals surface area contributed by atoms with E-state index in [0.29, 0.717) is 13.1 Å². The zero-order valence-corrected chi connectivity index (χ0v) is 13.0. The first-order valence-corrected chi connectivity index (χ1v) is 7.16. The fourth-order valence-electron chi connectivity index (χ4n) is 2.34. The Morgan fingerprint density at radius 1 is 1.43 bits per heavy atom. The number of carbonyl (C=O) groups is 1. The molecule has 1 N–H and O–H groups in total. The van der Waals surface area contributed by atoms with Crippen LogP contribution in [0.1, 0.15) is 30.8 Å². The van der Waals surface area contributed by atoms with Crippen LogP contribution >= 0.6 is 0 Å². The van der Waals surface area contributed by atoms with E-state index in [4.69, 9.17) is 0 Å². The van der Waals surface area contributed by atoms with E-state index in [-0.39, 0.29) is 11.8 Å². The first kappa shape index (κ1) is 15.2. The summed E-state index contributed by atoms with van der Waals surface area (Å²) in [4.78, 5) is 16.0. The van der Waals surface area contributed by atoms with Gasteiger partial charge in [-0.05, 0) is 20.8 Å². The number of rotatable bonds is 6. The van der Waals surface area contributed by atoms with Gasteiger partial charge < -0.3 is 5.32 Å². The van der Waals surface area contributed by atoms with Crippen molar-refractivity contribution in [1.29, 1.82) is 0 Å². The number of aryl methyl sites for hydroxylation is 2. The summed E-state index contributed by atoms with van der Waals surface area (Å²) in [5, 5.41) is 11.4. The number of carbonyl (C=O) groups excluding carboxylic acids is 1. The molecular weight excluding hydrogens is 268 g/mol. The number of amides is 1. The van der Waals surface area contributed by atoms with Crippen LogP contribution < -0.4 is 5.32 Å². The third-order valence-corrected chi connectivity index (χ3v) is 3.65. The third-order valence-electron chi connectivity index (χ3n) is 3.65. The molecular formula is C14H22N6O. The zero-order valence-electron chi connectivity index (χ0n) is 13.0. The van der Waals surface area contributed by atoms with Crippen molar-refractivity contribution >= 4 is 5.91 Å². The van der Waals surface area contributed by atoms with E-state index < -0.39 is 0 Å². The average Bonchev–Trinajstić information content (AvgIpc) is 3.05. The van der Waals surface area contributed by atoms with Gasteiger partial charge in [-0.2, -0.15) is 10.2 Å². The SMILES string of the molecule is CCn1nc(C)c(CNC(=O)[C@H](C)Cn2cncn2)c1C. The van der Waals surface area contributed by atoms with E-state index in [2.05, 4.69) is 27.4 Å². The number of nitrogens with zero attached hydrogens (tertiary/aromatic N) is 5. The van der Waals surface area contributed by atoms with Gasteiger partial charge in [0.05, 0.1) is 18.2 Å². The molecule has 7 nitrogen and oxygen atoms in total. The van der Waals surface area contributed by atoms with Gasteiger partial charge in [-0.15, -0.1) is 0 Å². The van der Waals surface area contributed by atoms with Crippen LogP contribution in [0.3, 0.4) is 0 Å². The van der Waals surface area contributed by atoms with Crippen LogP contribution in [-0.4, -0.2) is 30.5 Å². The minimum Gasteiger partial charge on any atom is -0.352 e. The van der Waals surface area contributed by atoms with Crippen molar-refractivity contribution in [3.05, 3.63) is 29.6 Å². The monoisotopic (exact) mass is 290 g/mol. The van der Waals surface area contributed by atoms with Crippen LogP contribution in [0.15, 0.2) is 12.7 Å². The summed E-state index contributed by atoms with van der Waals surface area (Å²) in [6.45, 7) is 9.82. The Morgan fingerprint density at radius 2 is 2.19 bits per heavy atom. The van der Waals surface area contributed by atoms with Crippen molar-refractivity contribution in [3.63, 3.8) is 0 Å². The predicted molar refractivity (Wildman–Crippen MR) is 78.4 cm³/mol. The molecule has 7 heteroatoms. The topological polar surface area (TPSA) is 77.6 Å². The molecule has 0 unspecified atom stereocenters. The lowest BCUT2D eigenvalue weighted by molar-refractivity contribution is -0.125. The molecule has 2 aromatic rings. The number of hydrogen-bond donors (Lipinski definition) is 1. The average molecular weight is 290 g/mol. The first-order valence-electron chi connectivity index (χ1n) is 7.16. The minimum absolute atomic E-state index is 0.00792. The van der Waals surface area contributed by atoms with Gasteiger partial charge in [0.2, 0.25) is 5.91 Å². The summed E-state index contributed by atoms with van der Waals surface area (Å²) in [6, 6.07) is 0. The van der Waals surface area contributed by atoms with Gasteiger partial charge in [0, 0.05) is 24.3 Å². The lowest BCUT2D eigenvalue weighted by atomic mass is 10.1. The number of aromatic nitrogens is 5. The maximum absolute atomic E-state index is 12.1. The fraction of sp³-hybridized carbons (Fsp3) is 0.571. The molecule has 1 amide bonds. The molecule has 0 saturated heterocycles. The number of hydrogen-bond acceptors (Lipinski definition) is 4. The van der Waals surface area contributed by atoms with Crippen molar-refractivity contribution in [2.24, 2.45) is 5.92 Å². The maximum Gasteiger partial charge on any atom is 0.224 e. The standard InChI is InChI=1S/C14H22N6O/c1-5-20-12(4)13(11(3)18-20)6-16-14(21)10(2)7-19-9-15-8-17-19/h8-10H,5-7H2,1-4H3,(H,16,21)/t10-/m1/s1. The highest BCUT2D eigenvalue weighted by molar-refractivity contribution is 5.78. The van der Waals surface area contributed by atoms with E-state index >= 15 is 0 Å². The fourth-order valence-corrected chi connectivity index (χ4v) is 2.34. The van der Waals surface area contributed by atoms with Crippen molar-refractivity contribution in [1.82, 2.24) is 29.9 Å². The van der Waals surface area contributed by atoms with Crippen LogP contribution in [-0.2, 0) is 24.4 Å². The summed E-state index contributed by atoms with van der Waals surface area (Å²) in [6.07, 6.45) is 3.08. The molecule has 0 bridgehead atoms. The molecule has 21 heavy (non-hydrogen) atoms. The van der Waals surface area contributed by atoms with Gasteiger partial charge in [-0.3, -0.25) is 14.2 Å². The molecule has 0 aromatic carbocycles. The molecule has 0 aliphatic rings. The van der Waals surface area contributed by atoms with E-state index in [1.54, 1.807) is 11.0 Å². The first-order chi connectivity index (χ1) is 10.0. The van der Waals surface area contributed by atoms with E-state index in [0.717, 1.165) is 23.5 Å². The minimum atomic E-state index is -0.159. The van der Waals surface area contributed by atoms with Crippen LogP contribution in [0.5, 0.6) is 0 Å². The van der Waals surface area contributed by atoms with Crippen molar-refractivity contribution in [2.45, 2.75) is 47.3 Å². The van der Waals surface area contributed by atoms with Gasteiger partial charge in [-0.25, -0.2) is 4.98 Å². The van der Waals surface area contributed by atoms with Crippen molar-refractivity contribution in [3.8, 4) is 0 Å². The maximum atomic E-state index is 12.1. The Bertz CT molecular complexity index is 601. The van der Waals surface area contributed by atoms with Crippen LogP contribution in [0.2, 0.25) is 0 Å².